The molecule has 12 aromatic heterocycles. The van der Waals surface area contributed by atoms with Crippen molar-refractivity contribution in [2.45, 2.75) is 134 Å². The second-order valence-electron chi connectivity index (χ2n) is 25.5. The average molecular weight is 1310 g/mol. The van der Waals surface area contributed by atoms with Gasteiger partial charge >= 0.3 is 0 Å². The van der Waals surface area contributed by atoms with Crippen molar-refractivity contribution < 1.29 is 0 Å². The van der Waals surface area contributed by atoms with E-state index in [1.807, 2.05) is 12.4 Å². The zero-order valence-corrected chi connectivity index (χ0v) is 56.2. The van der Waals surface area contributed by atoms with Gasteiger partial charge in [-0.15, -0.1) is 0 Å². The van der Waals surface area contributed by atoms with Gasteiger partial charge in [0.2, 0.25) is 0 Å². The first-order valence-corrected chi connectivity index (χ1v) is 34.3. The Balaban J connectivity index is 0.000000123. The molecular formula is C59H70N24S6. The van der Waals surface area contributed by atoms with Gasteiger partial charge in [-0.05, 0) is 100 Å². The summed E-state index contributed by atoms with van der Waals surface area (Å²) in [7, 11) is 6.44. The number of fused-ring (bicyclic) bond motifs is 3. The van der Waals surface area contributed by atoms with Crippen LogP contribution in [0.3, 0.4) is 0 Å². The zero-order chi connectivity index (χ0) is 61.8. The highest BCUT2D eigenvalue weighted by atomic mass is 32.1. The lowest BCUT2D eigenvalue weighted by molar-refractivity contribution is 0.160. The third-order valence-electron chi connectivity index (χ3n) is 16.1. The van der Waals surface area contributed by atoms with Gasteiger partial charge in [0.25, 0.3) is 0 Å². The van der Waals surface area contributed by atoms with E-state index in [1.54, 1.807) is 130 Å². The number of piperidine rings is 3. The van der Waals surface area contributed by atoms with Crippen molar-refractivity contribution in [3.8, 4) is 65.9 Å². The number of likely N-dealkylation sites (N-methyl/N-ethyl adjacent to an activating group) is 1. The van der Waals surface area contributed by atoms with Crippen molar-refractivity contribution in [1.29, 1.82) is 0 Å². The van der Waals surface area contributed by atoms with E-state index in [2.05, 4.69) is 168 Å². The largest absolute Gasteiger partial charge is 0.348 e. The van der Waals surface area contributed by atoms with Gasteiger partial charge < -0.3 is 30.7 Å². The lowest BCUT2D eigenvalue weighted by Gasteiger charge is -2.48. The number of hydrogen-bond donors (Lipinski definition) is 6. The fourth-order valence-electron chi connectivity index (χ4n) is 12.3. The Morgan fingerprint density at radius 3 is 1.13 bits per heavy atom. The highest BCUT2D eigenvalue weighted by Crippen LogP contribution is 2.42. The fraction of sp³-hybridized carbons (Fsp3) is 0.441. The first-order chi connectivity index (χ1) is 42.7. The van der Waals surface area contributed by atoms with Crippen LogP contribution in [0.1, 0.15) is 93.9 Å². The molecule has 12 aromatic rings. The minimum absolute atomic E-state index is 0.0979. The Morgan fingerprint density at radius 1 is 0.393 bits per heavy atom. The number of hydrogen-bond acceptors (Lipinski definition) is 27. The molecule has 462 valence electrons. The maximum absolute atomic E-state index is 4.91. The van der Waals surface area contributed by atoms with Crippen LogP contribution in [-0.4, -0.2) is 165 Å². The summed E-state index contributed by atoms with van der Waals surface area (Å²) in [6.45, 7) is 20.4. The van der Waals surface area contributed by atoms with E-state index in [1.165, 1.54) is 12.8 Å². The van der Waals surface area contributed by atoms with E-state index in [9.17, 15) is 0 Å². The molecule has 30 heteroatoms. The van der Waals surface area contributed by atoms with Crippen LogP contribution < -0.4 is 30.7 Å². The summed E-state index contributed by atoms with van der Waals surface area (Å²) in [4.78, 5) is 68.5. The van der Waals surface area contributed by atoms with E-state index in [-0.39, 0.29) is 22.2 Å². The maximum atomic E-state index is 4.91. The molecule has 15 heterocycles. The summed E-state index contributed by atoms with van der Waals surface area (Å²) >= 11 is 9.58. The smallest absolute Gasteiger partial charge is 0.188 e. The predicted octanol–water partition coefficient (Wildman–Crippen LogP) is 11.5. The van der Waals surface area contributed by atoms with Crippen LogP contribution in [0.2, 0.25) is 0 Å². The van der Waals surface area contributed by atoms with Gasteiger partial charge in [-0.2, -0.15) is 15.3 Å². The highest BCUT2D eigenvalue weighted by molar-refractivity contribution is 7.30. The van der Waals surface area contributed by atoms with E-state index in [4.69, 9.17) is 29.9 Å². The molecule has 6 N–H and O–H groups in total. The molecule has 0 saturated carbocycles. The molecule has 0 radical (unpaired) electrons. The molecule has 3 aliphatic rings. The van der Waals surface area contributed by atoms with Gasteiger partial charge in [-0.3, -0.25) is 20.3 Å². The van der Waals surface area contributed by atoms with Gasteiger partial charge in [0.1, 0.15) is 10.7 Å². The van der Waals surface area contributed by atoms with Crippen LogP contribution in [-0.2, 0) is 0 Å². The van der Waals surface area contributed by atoms with Gasteiger partial charge in [0.05, 0.1) is 36.7 Å². The molecule has 1 atom stereocenters. The van der Waals surface area contributed by atoms with Crippen LogP contribution in [0.15, 0.2) is 74.4 Å². The topological polar surface area (TPSA) is 287 Å². The minimum Gasteiger partial charge on any atom is -0.348 e. The first-order valence-electron chi connectivity index (χ1n) is 29.4. The van der Waals surface area contributed by atoms with Crippen molar-refractivity contribution in [1.82, 2.24) is 106 Å². The quantitative estimate of drug-likeness (QED) is 0.0663. The molecular weight excluding hydrogens is 1240 g/mol. The molecule has 3 saturated heterocycles. The SMILES string of the molecule is CN(c1nc2sc(-c3cnc(-c4cn[nH]c4)cn3)nc2s1)C1CC(C)(C)NC(C)(C)C1.CN(c1nc2sc(-c3ncc(-c4cn[nH]c4)cn3)nc2s1)C1CC(C)(C)NC(C)(C)C1.CN(c1nc2sc(-c3ncc(-c4cn[nH]c4)cn3)nc2s1)[C@H]1CCCNC1. The summed E-state index contributed by atoms with van der Waals surface area (Å²) < 4.78 is 0. The van der Waals surface area contributed by atoms with Crippen molar-refractivity contribution in [3.63, 3.8) is 0 Å². The third kappa shape index (κ3) is 13.6. The van der Waals surface area contributed by atoms with Crippen molar-refractivity contribution >= 4 is 112 Å². The lowest BCUT2D eigenvalue weighted by Crippen LogP contribution is -2.61. The average Bonchev–Trinajstić information content (AvgIpc) is 1.80. The predicted molar refractivity (Wildman–Crippen MR) is 361 cm³/mol. The monoisotopic (exact) mass is 1310 g/mol. The van der Waals surface area contributed by atoms with Crippen LogP contribution in [0, 0.1) is 0 Å². The maximum Gasteiger partial charge on any atom is 0.188 e. The third-order valence-corrected chi connectivity index (χ3v) is 22.4. The van der Waals surface area contributed by atoms with Crippen LogP contribution in [0.5, 0.6) is 0 Å². The number of nitrogens with one attached hydrogen (secondary N) is 6. The van der Waals surface area contributed by atoms with Crippen LogP contribution in [0.4, 0.5) is 15.4 Å². The van der Waals surface area contributed by atoms with Crippen LogP contribution in [0.25, 0.3) is 94.9 Å². The van der Waals surface area contributed by atoms with Gasteiger partial charge in [0.15, 0.2) is 66.0 Å². The summed E-state index contributed by atoms with van der Waals surface area (Å²) in [5.41, 5.74) is 6.63. The molecule has 0 spiro atoms. The summed E-state index contributed by atoms with van der Waals surface area (Å²) in [5, 5.41) is 36.8. The van der Waals surface area contributed by atoms with Crippen molar-refractivity contribution in [2.24, 2.45) is 0 Å². The number of anilines is 3. The molecule has 0 bridgehead atoms. The molecule has 0 amide bonds. The summed E-state index contributed by atoms with van der Waals surface area (Å²) in [6, 6.07) is 1.37. The van der Waals surface area contributed by atoms with E-state index >= 15 is 0 Å². The highest BCUT2D eigenvalue weighted by Gasteiger charge is 2.41. The fourth-order valence-corrected chi connectivity index (χ4v) is 18.4. The van der Waals surface area contributed by atoms with Gasteiger partial charge in [-0.1, -0.05) is 68.0 Å². The Labute approximate surface area is 538 Å². The molecule has 0 aliphatic carbocycles. The number of thiazole rings is 6. The molecule has 0 unspecified atom stereocenters. The minimum atomic E-state index is 0.0979. The number of rotatable bonds is 12. The molecule has 3 fully saturated rings. The normalized spacial score (nSPS) is 18.2. The standard InChI is InChI=1S/2C21H26N8S2.C17H18N8S2/c1-20(2)6-14(7-21(3,4)28-20)29(5)19-27-18-17(31-19)26-16(30-18)15-22-8-12(9-23-15)13-10-24-25-11-13;1-20(2)6-13(7-21(3,4)28-20)29(5)19-27-18-17(31-19)26-16(30-18)15-11-22-14(10-23-15)12-8-24-25-9-12;1-25(12-3-2-4-18-9-12)17-24-16-15(27-17)23-14(26-16)13-19-5-10(6-20-13)11-7-21-22-8-11/h8-11,14,28H,6-7H2,1-5H3,(H,24,25);8-11,13,28H,6-7H2,1-5H3,(H,24,25);5-8,12,18H,2-4,9H2,1H3,(H,21,22)/t;;12-/m..0/s1. The second-order valence-corrected chi connectivity index (χ2v) is 31.3. The van der Waals surface area contributed by atoms with E-state index in [0.717, 1.165) is 137 Å². The molecule has 24 nitrogen and oxygen atoms in total. The second kappa shape index (κ2) is 24.5. The number of H-pyrrole nitrogens is 3. The molecule has 3 aliphatic heterocycles. The Morgan fingerprint density at radius 2 is 0.764 bits per heavy atom. The van der Waals surface area contributed by atoms with Crippen molar-refractivity contribution in [2.75, 3.05) is 48.9 Å². The Kier molecular flexibility index (Phi) is 16.7. The molecule has 0 aromatic carbocycles. The first kappa shape index (κ1) is 60.6. The molecule has 89 heavy (non-hydrogen) atoms. The molecule has 15 rings (SSSR count). The summed E-state index contributed by atoms with van der Waals surface area (Å²) in [5.74, 6) is 1.25. The number of aromatic nitrogens is 18. The van der Waals surface area contributed by atoms with Crippen LogP contribution >= 0.6 is 68.0 Å². The number of aromatic amines is 3. The zero-order valence-electron chi connectivity index (χ0n) is 51.3. The van der Waals surface area contributed by atoms with Gasteiger partial charge in [-0.25, -0.2) is 54.8 Å². The summed E-state index contributed by atoms with van der Waals surface area (Å²) in [6.07, 6.45) is 28.1. The van der Waals surface area contributed by atoms with E-state index < -0.39 is 0 Å². The van der Waals surface area contributed by atoms with Crippen molar-refractivity contribution in [3.05, 3.63) is 74.4 Å². The Bertz CT molecular complexity index is 3970. The Hall–Kier alpha value is -7.29. The van der Waals surface area contributed by atoms with Gasteiger partial charge in [0, 0.05) is 139 Å². The number of nitrogens with zero attached hydrogens (tertiary/aromatic N) is 18. The lowest BCUT2D eigenvalue weighted by atomic mass is 9.79. The van der Waals surface area contributed by atoms with E-state index in [0.29, 0.717) is 29.8 Å².